The molecule has 0 spiro atoms. The monoisotopic (exact) mass is 312 g/mol. The Balaban J connectivity index is 2.64. The maximum Gasteiger partial charge on any atom is 0.237 e. The minimum absolute atomic E-state index is 0.00116. The summed E-state index contributed by atoms with van der Waals surface area (Å²) in [5.74, 6) is -0.0549. The lowest BCUT2D eigenvalue weighted by Gasteiger charge is -2.17. The van der Waals surface area contributed by atoms with Crippen molar-refractivity contribution in [3.63, 3.8) is 0 Å². The molecule has 1 aromatic rings. The fourth-order valence-electron chi connectivity index (χ4n) is 1.95. The third-order valence-corrected chi connectivity index (χ3v) is 4.30. The van der Waals surface area contributed by atoms with Gasteiger partial charge >= 0.3 is 0 Å². The average molecular weight is 312 g/mol. The van der Waals surface area contributed by atoms with Crippen molar-refractivity contribution in [2.45, 2.75) is 38.6 Å². The summed E-state index contributed by atoms with van der Waals surface area (Å²) in [6.45, 7) is 4.28. The molecule has 0 saturated carbocycles. The molecule has 0 fully saturated rings. The quantitative estimate of drug-likeness (QED) is 0.792. The number of benzene rings is 1. The van der Waals surface area contributed by atoms with Crippen LogP contribution in [0.3, 0.4) is 0 Å². The minimum Gasteiger partial charge on any atom is -0.351 e. The first-order chi connectivity index (χ1) is 9.73. The lowest BCUT2D eigenvalue weighted by molar-refractivity contribution is -0.123. The Morgan fingerprint density at radius 3 is 2.52 bits per heavy atom. The van der Waals surface area contributed by atoms with Crippen LogP contribution in [0.1, 0.15) is 31.4 Å². The minimum atomic E-state index is -3.06. The molecule has 2 unspecified atom stereocenters. The molecule has 0 aliphatic rings. The second-order valence-electron chi connectivity index (χ2n) is 5.52. The van der Waals surface area contributed by atoms with Crippen molar-refractivity contribution in [3.8, 4) is 0 Å². The number of carbonyl (C=O) groups is 1. The fraction of sp³-hybridized carbons (Fsp3) is 0.533. The van der Waals surface area contributed by atoms with Gasteiger partial charge in [0.2, 0.25) is 5.91 Å². The zero-order valence-corrected chi connectivity index (χ0v) is 13.6. The van der Waals surface area contributed by atoms with Crippen LogP contribution in [0.25, 0.3) is 0 Å². The lowest BCUT2D eigenvalue weighted by Crippen LogP contribution is -2.44. The molecule has 0 aliphatic heterocycles. The number of nitrogens with one attached hydrogen (secondary N) is 1. The molecule has 0 saturated heterocycles. The van der Waals surface area contributed by atoms with Crippen molar-refractivity contribution < 1.29 is 13.2 Å². The van der Waals surface area contributed by atoms with E-state index in [0.717, 1.165) is 17.5 Å². The van der Waals surface area contributed by atoms with E-state index >= 15 is 0 Å². The first-order valence-electron chi connectivity index (χ1n) is 7.01. The summed E-state index contributed by atoms with van der Waals surface area (Å²) >= 11 is 0. The van der Waals surface area contributed by atoms with Gasteiger partial charge in [0.25, 0.3) is 0 Å². The Bertz CT molecular complexity index is 584. The van der Waals surface area contributed by atoms with Crippen LogP contribution in [0.4, 0.5) is 0 Å². The van der Waals surface area contributed by atoms with Crippen LogP contribution in [-0.4, -0.2) is 26.6 Å². The van der Waals surface area contributed by atoms with Gasteiger partial charge in [-0.15, -0.1) is 0 Å². The van der Waals surface area contributed by atoms with Gasteiger partial charge in [-0.1, -0.05) is 44.5 Å². The van der Waals surface area contributed by atoms with E-state index in [1.54, 1.807) is 18.2 Å². The lowest BCUT2D eigenvalue weighted by atomic mass is 9.99. The Morgan fingerprint density at radius 2 is 1.95 bits per heavy atom. The standard InChI is InChI=1S/C15H24N2O3S/c1-4-11(2)14(16)15(18)17-9-12-6-5-7-13(8-12)10-21(3,19)20/h5-8,11,14H,4,9-10,16H2,1-3H3,(H,17,18). The zero-order chi connectivity index (χ0) is 16.0. The van der Waals surface area contributed by atoms with Gasteiger partial charge in [-0.25, -0.2) is 8.42 Å². The topological polar surface area (TPSA) is 89.3 Å². The van der Waals surface area contributed by atoms with E-state index in [4.69, 9.17) is 5.73 Å². The second kappa shape index (κ2) is 7.56. The number of hydrogen-bond donors (Lipinski definition) is 2. The molecule has 5 nitrogen and oxygen atoms in total. The van der Waals surface area contributed by atoms with Crippen molar-refractivity contribution in [1.82, 2.24) is 5.32 Å². The van der Waals surface area contributed by atoms with E-state index in [-0.39, 0.29) is 17.6 Å². The molecule has 6 heteroatoms. The normalized spacial score (nSPS) is 14.5. The smallest absolute Gasteiger partial charge is 0.237 e. The predicted molar refractivity (Wildman–Crippen MR) is 84.3 cm³/mol. The van der Waals surface area contributed by atoms with Crippen molar-refractivity contribution in [1.29, 1.82) is 0 Å². The van der Waals surface area contributed by atoms with Crippen LogP contribution in [0.5, 0.6) is 0 Å². The molecule has 1 amide bonds. The van der Waals surface area contributed by atoms with Crippen molar-refractivity contribution in [2.75, 3.05) is 6.26 Å². The SMILES string of the molecule is CCC(C)C(N)C(=O)NCc1cccc(CS(C)(=O)=O)c1. The van der Waals surface area contributed by atoms with Crippen molar-refractivity contribution in [2.24, 2.45) is 11.7 Å². The number of carbonyl (C=O) groups excluding carboxylic acids is 1. The first kappa shape index (κ1) is 17.7. The molecular weight excluding hydrogens is 288 g/mol. The van der Waals surface area contributed by atoms with Gasteiger partial charge < -0.3 is 11.1 Å². The Labute approximate surface area is 126 Å². The summed E-state index contributed by atoms with van der Waals surface area (Å²) in [5, 5.41) is 2.79. The predicted octanol–water partition coefficient (Wildman–Crippen LogP) is 1.22. The Kier molecular flexibility index (Phi) is 6.36. The summed E-state index contributed by atoms with van der Waals surface area (Å²) in [6, 6.07) is 6.67. The zero-order valence-electron chi connectivity index (χ0n) is 12.8. The van der Waals surface area contributed by atoms with Gasteiger partial charge in [-0.2, -0.15) is 0 Å². The number of rotatable bonds is 7. The van der Waals surface area contributed by atoms with Gasteiger partial charge in [0.1, 0.15) is 0 Å². The van der Waals surface area contributed by atoms with E-state index in [2.05, 4.69) is 5.32 Å². The maximum absolute atomic E-state index is 11.9. The molecule has 0 aromatic heterocycles. The van der Waals surface area contributed by atoms with Gasteiger partial charge in [0, 0.05) is 12.8 Å². The molecule has 1 rings (SSSR count). The largest absolute Gasteiger partial charge is 0.351 e. The van der Waals surface area contributed by atoms with Crippen LogP contribution >= 0.6 is 0 Å². The van der Waals surface area contributed by atoms with E-state index in [1.165, 1.54) is 6.26 Å². The summed E-state index contributed by atoms with van der Waals surface area (Å²) in [7, 11) is -3.06. The number of sulfone groups is 1. The molecular formula is C15H24N2O3S. The van der Waals surface area contributed by atoms with Crippen LogP contribution in [0.2, 0.25) is 0 Å². The molecule has 0 heterocycles. The highest BCUT2D eigenvalue weighted by Crippen LogP contribution is 2.09. The van der Waals surface area contributed by atoms with E-state index in [0.29, 0.717) is 6.54 Å². The molecule has 0 aliphatic carbocycles. The van der Waals surface area contributed by atoms with Gasteiger partial charge in [0.15, 0.2) is 9.84 Å². The third-order valence-electron chi connectivity index (χ3n) is 3.45. The van der Waals surface area contributed by atoms with E-state index < -0.39 is 15.9 Å². The summed E-state index contributed by atoms with van der Waals surface area (Å²) in [6.07, 6.45) is 2.05. The van der Waals surface area contributed by atoms with Crippen LogP contribution in [0, 0.1) is 5.92 Å². The molecule has 0 radical (unpaired) electrons. The number of amides is 1. The van der Waals surface area contributed by atoms with Crippen LogP contribution in [0.15, 0.2) is 24.3 Å². The molecule has 2 atom stereocenters. The number of hydrogen-bond acceptors (Lipinski definition) is 4. The Hall–Kier alpha value is -1.40. The average Bonchev–Trinajstić information content (AvgIpc) is 2.41. The van der Waals surface area contributed by atoms with Gasteiger partial charge in [0.05, 0.1) is 11.8 Å². The highest BCUT2D eigenvalue weighted by Gasteiger charge is 2.18. The Morgan fingerprint density at radius 1 is 1.33 bits per heavy atom. The molecule has 0 bridgehead atoms. The fourth-order valence-corrected chi connectivity index (χ4v) is 2.74. The molecule has 118 valence electrons. The summed E-state index contributed by atoms with van der Waals surface area (Å²) < 4.78 is 22.6. The summed E-state index contributed by atoms with van der Waals surface area (Å²) in [5.41, 5.74) is 7.44. The third kappa shape index (κ3) is 6.27. The van der Waals surface area contributed by atoms with Gasteiger partial charge in [-0.3, -0.25) is 4.79 Å². The first-order valence-corrected chi connectivity index (χ1v) is 9.07. The molecule has 3 N–H and O–H groups in total. The number of nitrogens with two attached hydrogens (primary N) is 1. The van der Waals surface area contributed by atoms with E-state index in [1.807, 2.05) is 19.9 Å². The van der Waals surface area contributed by atoms with Crippen molar-refractivity contribution >= 4 is 15.7 Å². The molecule has 21 heavy (non-hydrogen) atoms. The van der Waals surface area contributed by atoms with E-state index in [9.17, 15) is 13.2 Å². The summed E-state index contributed by atoms with van der Waals surface area (Å²) in [4.78, 5) is 11.9. The van der Waals surface area contributed by atoms with Gasteiger partial charge in [-0.05, 0) is 17.0 Å². The highest BCUT2D eigenvalue weighted by atomic mass is 32.2. The second-order valence-corrected chi connectivity index (χ2v) is 7.66. The van der Waals surface area contributed by atoms with Crippen LogP contribution in [-0.2, 0) is 26.9 Å². The van der Waals surface area contributed by atoms with Crippen molar-refractivity contribution in [3.05, 3.63) is 35.4 Å². The maximum atomic E-state index is 11.9. The molecule has 1 aromatic carbocycles. The highest BCUT2D eigenvalue weighted by molar-refractivity contribution is 7.89. The van der Waals surface area contributed by atoms with Crippen LogP contribution < -0.4 is 11.1 Å².